The van der Waals surface area contributed by atoms with Gasteiger partial charge in [-0.25, -0.2) is 9.37 Å². The molecule has 3 rings (SSSR count). The molecule has 0 bridgehead atoms. The van der Waals surface area contributed by atoms with Crippen LogP contribution in [0.3, 0.4) is 0 Å². The van der Waals surface area contributed by atoms with Crippen LogP contribution in [0.1, 0.15) is 12.5 Å². The highest BCUT2D eigenvalue weighted by molar-refractivity contribution is 9.10. The molecule has 0 aliphatic carbocycles. The highest BCUT2D eigenvalue weighted by atomic mass is 79.9. The van der Waals surface area contributed by atoms with E-state index in [0.717, 1.165) is 23.4 Å². The maximum absolute atomic E-state index is 13.7. The number of carboxylic acids is 1. The summed E-state index contributed by atoms with van der Waals surface area (Å²) in [6.07, 6.45) is 1.02. The van der Waals surface area contributed by atoms with Crippen molar-refractivity contribution < 1.29 is 14.3 Å². The Morgan fingerprint density at radius 2 is 2.43 bits per heavy atom. The molecule has 8 heteroatoms. The third kappa shape index (κ3) is 3.07. The van der Waals surface area contributed by atoms with Crippen LogP contribution < -0.4 is 0 Å². The van der Waals surface area contributed by atoms with Crippen LogP contribution in [0.2, 0.25) is 0 Å². The molecule has 1 aliphatic rings. The first-order chi connectivity index (χ1) is 10.1. The smallest absolute Gasteiger partial charge is 0.313 e. The van der Waals surface area contributed by atoms with E-state index in [-0.39, 0.29) is 17.6 Å². The topological polar surface area (TPSA) is 55.1 Å². The number of imidazole rings is 1. The van der Waals surface area contributed by atoms with E-state index in [9.17, 15) is 9.18 Å². The molecular weight excluding hydrogens is 379 g/mol. The Labute approximate surface area is 137 Å². The second-order valence-electron chi connectivity index (χ2n) is 4.72. The van der Waals surface area contributed by atoms with Gasteiger partial charge in [-0.3, -0.25) is 4.79 Å². The normalized spacial score (nSPS) is 18.5. The number of halogens is 2. The number of thioether (sulfide) groups is 2. The largest absolute Gasteiger partial charge is 0.481 e. The standard InChI is InChI=1S/C13H12BrFN2O2S2/c14-8-3-11-10(4-9(8)15)16-13(21-6-12(18)19)17(11)7-1-2-20-5-7/h3-4,7H,1-2,5-6H2,(H,18,19). The van der Waals surface area contributed by atoms with E-state index in [1.165, 1.54) is 17.8 Å². The minimum Gasteiger partial charge on any atom is -0.481 e. The van der Waals surface area contributed by atoms with Gasteiger partial charge in [-0.2, -0.15) is 11.8 Å². The lowest BCUT2D eigenvalue weighted by Crippen LogP contribution is -2.10. The van der Waals surface area contributed by atoms with Gasteiger partial charge in [-0.15, -0.1) is 0 Å². The van der Waals surface area contributed by atoms with Gasteiger partial charge in [0, 0.05) is 17.9 Å². The van der Waals surface area contributed by atoms with Gasteiger partial charge >= 0.3 is 5.97 Å². The molecule has 0 spiro atoms. The van der Waals surface area contributed by atoms with Gasteiger partial charge < -0.3 is 9.67 Å². The Morgan fingerprint density at radius 1 is 1.62 bits per heavy atom. The van der Waals surface area contributed by atoms with Gasteiger partial charge in [-0.1, -0.05) is 11.8 Å². The monoisotopic (exact) mass is 390 g/mol. The summed E-state index contributed by atoms with van der Waals surface area (Å²) in [6, 6.07) is 3.41. The van der Waals surface area contributed by atoms with Crippen molar-refractivity contribution >= 4 is 56.5 Å². The highest BCUT2D eigenvalue weighted by Gasteiger charge is 2.24. The molecule has 1 atom stereocenters. The molecular formula is C13H12BrFN2O2S2. The molecule has 21 heavy (non-hydrogen) atoms. The van der Waals surface area contributed by atoms with Crippen molar-refractivity contribution in [2.24, 2.45) is 0 Å². The summed E-state index contributed by atoms with van der Waals surface area (Å²) in [5.74, 6) is 0.762. The van der Waals surface area contributed by atoms with Gasteiger partial charge in [0.15, 0.2) is 5.16 Å². The number of carbonyl (C=O) groups is 1. The van der Waals surface area contributed by atoms with Crippen LogP contribution in [0.5, 0.6) is 0 Å². The lowest BCUT2D eigenvalue weighted by molar-refractivity contribution is -0.133. The quantitative estimate of drug-likeness (QED) is 0.804. The Balaban J connectivity index is 2.10. The molecule has 1 unspecified atom stereocenters. The molecule has 4 nitrogen and oxygen atoms in total. The SMILES string of the molecule is O=C(O)CSc1nc2cc(F)c(Br)cc2n1C1CCSC1. The molecule has 2 heterocycles. The summed E-state index contributed by atoms with van der Waals surface area (Å²) in [7, 11) is 0. The number of carboxylic acid groups (broad SMARTS) is 1. The van der Waals surface area contributed by atoms with Crippen LogP contribution in [0.15, 0.2) is 21.8 Å². The first-order valence-corrected chi connectivity index (χ1v) is 9.29. The minimum absolute atomic E-state index is 0.0488. The van der Waals surface area contributed by atoms with Crippen LogP contribution >= 0.6 is 39.5 Å². The molecule has 1 aliphatic heterocycles. The number of aromatic nitrogens is 2. The van der Waals surface area contributed by atoms with Crippen molar-refractivity contribution in [1.29, 1.82) is 0 Å². The summed E-state index contributed by atoms with van der Waals surface area (Å²) in [5.41, 5.74) is 1.42. The zero-order valence-electron chi connectivity index (χ0n) is 10.9. The van der Waals surface area contributed by atoms with Crippen molar-refractivity contribution in [1.82, 2.24) is 9.55 Å². The van der Waals surface area contributed by atoms with Crippen LogP contribution in [-0.4, -0.2) is 37.9 Å². The van der Waals surface area contributed by atoms with E-state index in [0.29, 0.717) is 15.1 Å². The van der Waals surface area contributed by atoms with E-state index >= 15 is 0 Å². The Kier molecular flexibility index (Phi) is 4.46. The lowest BCUT2D eigenvalue weighted by atomic mass is 10.2. The predicted molar refractivity (Wildman–Crippen MR) is 86.7 cm³/mol. The summed E-state index contributed by atoms with van der Waals surface area (Å²) in [5, 5.41) is 9.52. The van der Waals surface area contributed by atoms with Gasteiger partial charge in [-0.05, 0) is 34.2 Å². The lowest BCUT2D eigenvalue weighted by Gasteiger charge is -2.15. The third-order valence-corrected chi connectivity index (χ3v) is 5.98. The Hall–Kier alpha value is -0.730. The van der Waals surface area contributed by atoms with Gasteiger partial charge in [0.05, 0.1) is 21.3 Å². The number of rotatable bonds is 4. The number of hydrogen-bond acceptors (Lipinski definition) is 4. The zero-order valence-corrected chi connectivity index (χ0v) is 14.1. The van der Waals surface area contributed by atoms with E-state index in [4.69, 9.17) is 5.11 Å². The van der Waals surface area contributed by atoms with Crippen molar-refractivity contribution in [3.63, 3.8) is 0 Å². The molecule has 1 aromatic heterocycles. The number of benzene rings is 1. The van der Waals surface area contributed by atoms with Gasteiger partial charge in [0.2, 0.25) is 0 Å². The summed E-state index contributed by atoms with van der Waals surface area (Å²) < 4.78 is 16.1. The maximum atomic E-state index is 13.7. The fraction of sp³-hybridized carbons (Fsp3) is 0.385. The van der Waals surface area contributed by atoms with Crippen LogP contribution in [0, 0.1) is 5.82 Å². The summed E-state index contributed by atoms with van der Waals surface area (Å²) >= 11 is 6.26. The second kappa shape index (κ2) is 6.18. The molecule has 0 saturated carbocycles. The fourth-order valence-corrected chi connectivity index (χ4v) is 4.70. The fourth-order valence-electron chi connectivity index (χ4n) is 2.37. The third-order valence-electron chi connectivity index (χ3n) is 3.29. The van der Waals surface area contributed by atoms with E-state index < -0.39 is 5.97 Å². The van der Waals surface area contributed by atoms with E-state index in [2.05, 4.69) is 25.5 Å². The van der Waals surface area contributed by atoms with Crippen molar-refractivity contribution in [3.8, 4) is 0 Å². The van der Waals surface area contributed by atoms with E-state index in [1.807, 2.05) is 11.8 Å². The number of nitrogens with zero attached hydrogens (tertiary/aromatic N) is 2. The second-order valence-corrected chi connectivity index (χ2v) is 7.67. The first-order valence-electron chi connectivity index (χ1n) is 6.35. The minimum atomic E-state index is -0.883. The summed E-state index contributed by atoms with van der Waals surface area (Å²) in [4.78, 5) is 15.2. The number of aliphatic carboxylic acids is 1. The Morgan fingerprint density at radius 3 is 3.10 bits per heavy atom. The molecule has 0 amide bonds. The van der Waals surface area contributed by atoms with Crippen LogP contribution in [0.25, 0.3) is 11.0 Å². The van der Waals surface area contributed by atoms with Crippen LogP contribution in [-0.2, 0) is 4.79 Å². The Bertz CT molecular complexity index is 701. The maximum Gasteiger partial charge on any atom is 0.313 e. The average Bonchev–Trinajstić information content (AvgIpc) is 3.04. The number of fused-ring (bicyclic) bond motifs is 1. The van der Waals surface area contributed by atoms with Crippen LogP contribution in [0.4, 0.5) is 4.39 Å². The zero-order chi connectivity index (χ0) is 15.0. The highest BCUT2D eigenvalue weighted by Crippen LogP contribution is 2.36. The molecule has 1 N–H and O–H groups in total. The van der Waals surface area contributed by atoms with Gasteiger partial charge in [0.1, 0.15) is 5.82 Å². The molecule has 112 valence electrons. The van der Waals surface area contributed by atoms with Gasteiger partial charge in [0.25, 0.3) is 0 Å². The molecule has 0 radical (unpaired) electrons. The van der Waals surface area contributed by atoms with E-state index in [1.54, 1.807) is 6.07 Å². The van der Waals surface area contributed by atoms with Crippen molar-refractivity contribution in [2.75, 3.05) is 17.3 Å². The predicted octanol–water partition coefficient (Wildman–Crippen LogP) is 3.79. The molecule has 1 saturated heterocycles. The van der Waals surface area contributed by atoms with Crippen molar-refractivity contribution in [2.45, 2.75) is 17.6 Å². The molecule has 1 fully saturated rings. The van der Waals surface area contributed by atoms with Crippen molar-refractivity contribution in [3.05, 3.63) is 22.4 Å². The molecule has 1 aromatic carbocycles. The molecule has 2 aromatic rings. The number of hydrogen-bond donors (Lipinski definition) is 1. The average molecular weight is 391 g/mol. The first kappa shape index (κ1) is 15.2. The summed E-state index contributed by atoms with van der Waals surface area (Å²) in [6.45, 7) is 0.